The largest absolute Gasteiger partial charge is 0.313 e. The molecular weight excluding hydrogens is 387 g/mol. The molecule has 0 unspecified atom stereocenters. The van der Waals surface area contributed by atoms with Gasteiger partial charge in [-0.15, -0.1) is 0 Å². The number of amidine groups is 1. The van der Waals surface area contributed by atoms with E-state index >= 15 is 0 Å². The molecular formula is C20H20Cl2N2OS. The predicted octanol–water partition coefficient (Wildman–Crippen LogP) is 5.74. The van der Waals surface area contributed by atoms with Gasteiger partial charge >= 0.3 is 0 Å². The summed E-state index contributed by atoms with van der Waals surface area (Å²) in [6.45, 7) is 3.14. The normalized spacial score (nSPS) is 14.0. The first-order valence-corrected chi connectivity index (χ1v) is 10.3. The molecule has 1 heterocycles. The minimum absolute atomic E-state index is 0.0167. The molecule has 0 aliphatic carbocycles. The number of halogens is 2. The van der Waals surface area contributed by atoms with Crippen LogP contribution in [0, 0.1) is 0 Å². The monoisotopic (exact) mass is 406 g/mol. The topological polar surface area (TPSA) is 32.7 Å². The molecule has 0 atom stereocenters. The number of aryl methyl sites for hydroxylation is 1. The van der Waals surface area contributed by atoms with Crippen molar-refractivity contribution < 1.29 is 4.79 Å². The van der Waals surface area contributed by atoms with Crippen LogP contribution in [0.25, 0.3) is 0 Å². The predicted molar refractivity (Wildman–Crippen MR) is 113 cm³/mol. The Kier molecular flexibility index (Phi) is 6.63. The Bertz CT molecular complexity index is 821. The molecule has 26 heavy (non-hydrogen) atoms. The van der Waals surface area contributed by atoms with Gasteiger partial charge in [-0.05, 0) is 48.7 Å². The van der Waals surface area contributed by atoms with E-state index in [0.717, 1.165) is 36.0 Å². The Morgan fingerprint density at radius 3 is 2.54 bits per heavy atom. The fraction of sp³-hybridized carbons (Fsp3) is 0.300. The van der Waals surface area contributed by atoms with Gasteiger partial charge in [-0.3, -0.25) is 9.79 Å². The number of ketones is 1. The summed E-state index contributed by atoms with van der Waals surface area (Å²) >= 11 is 13.7. The molecule has 0 fully saturated rings. The van der Waals surface area contributed by atoms with Crippen LogP contribution in [0.2, 0.25) is 10.0 Å². The molecule has 0 saturated heterocycles. The fourth-order valence-corrected chi connectivity index (χ4v) is 3.96. The lowest BCUT2D eigenvalue weighted by Gasteiger charge is -2.27. The summed E-state index contributed by atoms with van der Waals surface area (Å²) in [7, 11) is 0. The van der Waals surface area contributed by atoms with Gasteiger partial charge in [0.2, 0.25) is 0 Å². The zero-order valence-corrected chi connectivity index (χ0v) is 16.9. The number of thioether (sulfide) groups is 1. The zero-order valence-electron chi connectivity index (χ0n) is 14.5. The average molecular weight is 407 g/mol. The van der Waals surface area contributed by atoms with Crippen LogP contribution in [0.4, 0.5) is 5.69 Å². The summed E-state index contributed by atoms with van der Waals surface area (Å²) in [6.07, 6.45) is 2.05. The standard InChI is InChI=1S/C20H20Cl2N2OS/c1-2-14-4-7-16(8-5-14)24(20-23-10-3-11-26-20)13-19(25)15-6-9-17(21)18(22)12-15/h4-9,12H,2-3,10-11,13H2,1H3. The molecule has 1 aliphatic heterocycles. The lowest BCUT2D eigenvalue weighted by molar-refractivity contribution is 0.100. The van der Waals surface area contributed by atoms with E-state index in [4.69, 9.17) is 23.2 Å². The van der Waals surface area contributed by atoms with Gasteiger partial charge in [-0.1, -0.05) is 54.0 Å². The molecule has 3 nitrogen and oxygen atoms in total. The maximum absolute atomic E-state index is 12.9. The molecule has 0 saturated carbocycles. The SMILES string of the molecule is CCc1ccc(N(CC(=O)c2ccc(Cl)c(Cl)c2)C2=NCCCS2)cc1. The smallest absolute Gasteiger partial charge is 0.182 e. The van der Waals surface area contributed by atoms with Gasteiger partial charge in [0, 0.05) is 23.5 Å². The maximum Gasteiger partial charge on any atom is 0.182 e. The van der Waals surface area contributed by atoms with Gasteiger partial charge in [-0.2, -0.15) is 0 Å². The quantitative estimate of drug-likeness (QED) is 0.593. The highest BCUT2D eigenvalue weighted by Crippen LogP contribution is 2.26. The number of hydrogen-bond donors (Lipinski definition) is 0. The first-order chi connectivity index (χ1) is 12.6. The minimum atomic E-state index is -0.0167. The highest BCUT2D eigenvalue weighted by Gasteiger charge is 2.21. The molecule has 0 bridgehead atoms. The van der Waals surface area contributed by atoms with Gasteiger partial charge < -0.3 is 4.90 Å². The number of rotatable bonds is 5. The van der Waals surface area contributed by atoms with Crippen molar-refractivity contribution in [3.8, 4) is 0 Å². The molecule has 0 radical (unpaired) electrons. The van der Waals surface area contributed by atoms with E-state index in [1.165, 1.54) is 5.56 Å². The van der Waals surface area contributed by atoms with Gasteiger partial charge in [0.15, 0.2) is 11.0 Å². The molecule has 0 spiro atoms. The lowest BCUT2D eigenvalue weighted by Crippen LogP contribution is -2.35. The van der Waals surface area contributed by atoms with Crippen molar-refractivity contribution in [1.29, 1.82) is 0 Å². The van der Waals surface area contributed by atoms with Crippen molar-refractivity contribution in [3.05, 3.63) is 63.6 Å². The molecule has 0 amide bonds. The van der Waals surface area contributed by atoms with Crippen LogP contribution in [-0.2, 0) is 6.42 Å². The van der Waals surface area contributed by atoms with Crippen molar-refractivity contribution in [1.82, 2.24) is 0 Å². The van der Waals surface area contributed by atoms with Gasteiger partial charge in [0.1, 0.15) is 0 Å². The van der Waals surface area contributed by atoms with Crippen molar-refractivity contribution >= 4 is 51.6 Å². The number of benzene rings is 2. The van der Waals surface area contributed by atoms with Gasteiger partial charge in [-0.25, -0.2) is 0 Å². The van der Waals surface area contributed by atoms with E-state index < -0.39 is 0 Å². The molecule has 2 aromatic carbocycles. The van der Waals surface area contributed by atoms with Gasteiger partial charge in [0.25, 0.3) is 0 Å². The minimum Gasteiger partial charge on any atom is -0.313 e. The number of Topliss-reactive ketones (excluding diaryl/α,β-unsaturated/α-hetero) is 1. The molecule has 1 aliphatic rings. The van der Waals surface area contributed by atoms with E-state index in [1.54, 1.807) is 30.0 Å². The van der Waals surface area contributed by atoms with Crippen LogP contribution in [0.1, 0.15) is 29.3 Å². The number of nitrogens with zero attached hydrogens (tertiary/aromatic N) is 2. The second kappa shape index (κ2) is 8.94. The van der Waals surface area contributed by atoms with Crippen molar-refractivity contribution in [2.45, 2.75) is 19.8 Å². The van der Waals surface area contributed by atoms with Gasteiger partial charge in [0.05, 0.1) is 16.6 Å². The lowest BCUT2D eigenvalue weighted by atomic mass is 10.1. The van der Waals surface area contributed by atoms with Crippen LogP contribution in [-0.4, -0.2) is 29.8 Å². The highest BCUT2D eigenvalue weighted by atomic mass is 35.5. The Morgan fingerprint density at radius 2 is 1.92 bits per heavy atom. The van der Waals surface area contributed by atoms with Crippen LogP contribution in [0.15, 0.2) is 47.5 Å². The van der Waals surface area contributed by atoms with Crippen LogP contribution < -0.4 is 4.90 Å². The average Bonchev–Trinajstić information content (AvgIpc) is 2.69. The fourth-order valence-electron chi connectivity index (χ4n) is 2.70. The number of anilines is 1. The summed E-state index contributed by atoms with van der Waals surface area (Å²) < 4.78 is 0. The van der Waals surface area contributed by atoms with E-state index in [2.05, 4.69) is 36.2 Å². The summed E-state index contributed by atoms with van der Waals surface area (Å²) in [5.41, 5.74) is 2.79. The first-order valence-electron chi connectivity index (χ1n) is 8.60. The summed E-state index contributed by atoms with van der Waals surface area (Å²) in [5, 5.41) is 1.73. The molecule has 0 N–H and O–H groups in total. The Morgan fingerprint density at radius 1 is 1.15 bits per heavy atom. The molecule has 136 valence electrons. The Hall–Kier alpha value is -1.49. The third-order valence-corrected chi connectivity index (χ3v) is 6.05. The van der Waals surface area contributed by atoms with Crippen LogP contribution >= 0.6 is 35.0 Å². The second-order valence-electron chi connectivity index (χ2n) is 6.02. The summed E-state index contributed by atoms with van der Waals surface area (Å²) in [6, 6.07) is 13.3. The van der Waals surface area contributed by atoms with E-state index in [1.807, 2.05) is 4.90 Å². The third kappa shape index (κ3) is 4.61. The van der Waals surface area contributed by atoms with Crippen molar-refractivity contribution in [2.24, 2.45) is 4.99 Å². The molecule has 0 aromatic heterocycles. The number of carbonyl (C=O) groups is 1. The molecule has 3 rings (SSSR count). The summed E-state index contributed by atoms with van der Waals surface area (Å²) in [4.78, 5) is 19.5. The molecule has 6 heteroatoms. The second-order valence-corrected chi connectivity index (χ2v) is 7.90. The zero-order chi connectivity index (χ0) is 18.5. The Labute approximate surface area is 168 Å². The van der Waals surface area contributed by atoms with Crippen molar-refractivity contribution in [3.63, 3.8) is 0 Å². The highest BCUT2D eigenvalue weighted by molar-refractivity contribution is 8.14. The number of carbonyl (C=O) groups excluding carboxylic acids is 1. The van der Waals surface area contributed by atoms with E-state index in [0.29, 0.717) is 15.6 Å². The maximum atomic E-state index is 12.9. The van der Waals surface area contributed by atoms with Crippen LogP contribution in [0.3, 0.4) is 0 Å². The van der Waals surface area contributed by atoms with E-state index in [-0.39, 0.29) is 12.3 Å². The van der Waals surface area contributed by atoms with Crippen LogP contribution in [0.5, 0.6) is 0 Å². The van der Waals surface area contributed by atoms with E-state index in [9.17, 15) is 4.79 Å². The van der Waals surface area contributed by atoms with Crippen molar-refractivity contribution in [2.75, 3.05) is 23.7 Å². The number of hydrogen-bond acceptors (Lipinski definition) is 4. The third-order valence-electron chi connectivity index (χ3n) is 4.21. The number of aliphatic imine (C=N–C) groups is 1. The molecule has 2 aromatic rings. The Balaban J connectivity index is 1.88. The summed E-state index contributed by atoms with van der Waals surface area (Å²) in [5.74, 6) is 1.00. The first kappa shape index (κ1) is 19.3.